The van der Waals surface area contributed by atoms with Gasteiger partial charge in [0.05, 0.1) is 16.7 Å². The molecule has 0 radical (unpaired) electrons. The zero-order valence-electron chi connectivity index (χ0n) is 12.3. The first-order valence-corrected chi connectivity index (χ1v) is 6.73. The topological polar surface area (TPSA) is 77.9 Å². The van der Waals surface area contributed by atoms with E-state index in [0.29, 0.717) is 6.42 Å². The standard InChI is InChI=1S/C15H18N2O4/c1-9(6-7-16(2)3)17-13(18)11-5-4-10(15(20)21)8-12(11)14(17)19/h4-5,8-9H,6-7H2,1-3H3,(H,20,21). The lowest BCUT2D eigenvalue weighted by molar-refractivity contribution is 0.0584. The summed E-state index contributed by atoms with van der Waals surface area (Å²) in [6, 6.07) is 3.81. The maximum absolute atomic E-state index is 12.4. The number of imide groups is 1. The summed E-state index contributed by atoms with van der Waals surface area (Å²) in [4.78, 5) is 38.9. The third-order valence-electron chi connectivity index (χ3n) is 3.60. The van der Waals surface area contributed by atoms with E-state index in [9.17, 15) is 14.4 Å². The Morgan fingerprint density at radius 2 is 1.86 bits per heavy atom. The summed E-state index contributed by atoms with van der Waals surface area (Å²) in [5, 5.41) is 8.97. The van der Waals surface area contributed by atoms with Crippen LogP contribution in [0.3, 0.4) is 0 Å². The molecule has 0 saturated heterocycles. The summed E-state index contributed by atoms with van der Waals surface area (Å²) in [6.07, 6.45) is 0.671. The van der Waals surface area contributed by atoms with Crippen LogP contribution in [0, 0.1) is 0 Å². The van der Waals surface area contributed by atoms with Gasteiger partial charge in [0.1, 0.15) is 0 Å². The lowest BCUT2D eigenvalue weighted by Crippen LogP contribution is -2.39. The van der Waals surface area contributed by atoms with Crippen LogP contribution in [0.4, 0.5) is 0 Å². The van der Waals surface area contributed by atoms with Gasteiger partial charge in [-0.2, -0.15) is 0 Å². The molecule has 0 aliphatic carbocycles. The second kappa shape index (κ2) is 5.65. The summed E-state index contributed by atoms with van der Waals surface area (Å²) < 4.78 is 0. The molecule has 1 unspecified atom stereocenters. The molecule has 0 spiro atoms. The molecule has 0 bridgehead atoms. The second-order valence-corrected chi connectivity index (χ2v) is 5.49. The van der Waals surface area contributed by atoms with Gasteiger partial charge in [-0.1, -0.05) is 0 Å². The molecule has 2 rings (SSSR count). The quantitative estimate of drug-likeness (QED) is 0.828. The molecule has 1 aromatic carbocycles. The molecule has 1 heterocycles. The van der Waals surface area contributed by atoms with Crippen molar-refractivity contribution < 1.29 is 19.5 Å². The number of fused-ring (bicyclic) bond motifs is 1. The minimum atomic E-state index is -1.11. The van der Waals surface area contributed by atoms with Gasteiger partial charge in [-0.15, -0.1) is 0 Å². The highest BCUT2D eigenvalue weighted by Crippen LogP contribution is 2.26. The van der Waals surface area contributed by atoms with E-state index < -0.39 is 11.9 Å². The van der Waals surface area contributed by atoms with Gasteiger partial charge in [0.15, 0.2) is 0 Å². The molecule has 21 heavy (non-hydrogen) atoms. The fourth-order valence-corrected chi connectivity index (χ4v) is 2.37. The Morgan fingerprint density at radius 1 is 1.24 bits per heavy atom. The first kappa shape index (κ1) is 15.2. The molecule has 0 saturated carbocycles. The molecule has 0 fully saturated rings. The van der Waals surface area contributed by atoms with E-state index in [1.165, 1.54) is 23.1 Å². The van der Waals surface area contributed by atoms with Gasteiger partial charge in [0, 0.05) is 6.04 Å². The SMILES string of the molecule is CC(CCN(C)C)N1C(=O)c2ccc(C(=O)O)cc2C1=O. The van der Waals surface area contributed by atoms with Crippen molar-refractivity contribution in [1.29, 1.82) is 0 Å². The number of amides is 2. The van der Waals surface area contributed by atoms with Crippen molar-refractivity contribution in [1.82, 2.24) is 9.80 Å². The average molecular weight is 290 g/mol. The van der Waals surface area contributed by atoms with E-state index in [-0.39, 0.29) is 28.6 Å². The fourth-order valence-electron chi connectivity index (χ4n) is 2.37. The van der Waals surface area contributed by atoms with Crippen LogP contribution in [-0.2, 0) is 0 Å². The second-order valence-electron chi connectivity index (χ2n) is 5.49. The van der Waals surface area contributed by atoms with Gasteiger partial charge >= 0.3 is 5.97 Å². The molecule has 6 heteroatoms. The van der Waals surface area contributed by atoms with Crippen molar-refractivity contribution in [3.8, 4) is 0 Å². The van der Waals surface area contributed by atoms with E-state index in [4.69, 9.17) is 5.11 Å². The monoisotopic (exact) mass is 290 g/mol. The van der Waals surface area contributed by atoms with Gasteiger partial charge in [-0.3, -0.25) is 14.5 Å². The predicted octanol–water partition coefficient (Wildman–Crippen LogP) is 1.32. The highest BCUT2D eigenvalue weighted by molar-refractivity contribution is 6.22. The smallest absolute Gasteiger partial charge is 0.335 e. The minimum Gasteiger partial charge on any atom is -0.478 e. The summed E-state index contributed by atoms with van der Waals surface area (Å²) in [6.45, 7) is 2.58. The summed E-state index contributed by atoms with van der Waals surface area (Å²) in [5.41, 5.74) is 0.469. The number of rotatable bonds is 5. The normalized spacial score (nSPS) is 15.5. The number of nitrogens with zero attached hydrogens (tertiary/aromatic N) is 2. The first-order chi connectivity index (χ1) is 9.82. The van der Waals surface area contributed by atoms with Crippen molar-refractivity contribution >= 4 is 17.8 Å². The number of carbonyl (C=O) groups excluding carboxylic acids is 2. The Balaban J connectivity index is 2.27. The van der Waals surface area contributed by atoms with E-state index in [1.54, 1.807) is 0 Å². The van der Waals surface area contributed by atoms with Crippen molar-refractivity contribution in [2.75, 3.05) is 20.6 Å². The molecule has 1 aromatic rings. The van der Waals surface area contributed by atoms with Crippen LogP contribution in [0.5, 0.6) is 0 Å². The molecule has 2 amide bonds. The van der Waals surface area contributed by atoms with Crippen LogP contribution < -0.4 is 0 Å². The Hall–Kier alpha value is -2.21. The molecule has 0 aromatic heterocycles. The Morgan fingerprint density at radius 3 is 2.43 bits per heavy atom. The van der Waals surface area contributed by atoms with Crippen molar-refractivity contribution in [3.05, 3.63) is 34.9 Å². The van der Waals surface area contributed by atoms with E-state index in [1.807, 2.05) is 25.9 Å². The summed E-state index contributed by atoms with van der Waals surface area (Å²) >= 11 is 0. The van der Waals surface area contributed by atoms with E-state index >= 15 is 0 Å². The zero-order chi connectivity index (χ0) is 15.7. The summed E-state index contributed by atoms with van der Waals surface area (Å²) in [5.74, 6) is -1.88. The molecule has 6 nitrogen and oxygen atoms in total. The van der Waals surface area contributed by atoms with Gasteiger partial charge in [-0.05, 0) is 52.2 Å². The van der Waals surface area contributed by atoms with Crippen LogP contribution in [0.15, 0.2) is 18.2 Å². The van der Waals surface area contributed by atoms with Crippen LogP contribution in [0.25, 0.3) is 0 Å². The Bertz CT molecular complexity index is 610. The summed E-state index contributed by atoms with van der Waals surface area (Å²) in [7, 11) is 3.85. The average Bonchev–Trinajstić information content (AvgIpc) is 2.68. The third-order valence-corrected chi connectivity index (χ3v) is 3.60. The van der Waals surface area contributed by atoms with Gasteiger partial charge in [0.2, 0.25) is 0 Å². The van der Waals surface area contributed by atoms with Crippen LogP contribution in [0.1, 0.15) is 44.4 Å². The number of hydrogen-bond donors (Lipinski definition) is 1. The van der Waals surface area contributed by atoms with Gasteiger partial charge in [0.25, 0.3) is 11.8 Å². The number of hydrogen-bond acceptors (Lipinski definition) is 4. The lowest BCUT2D eigenvalue weighted by atomic mass is 10.1. The third kappa shape index (κ3) is 2.80. The van der Waals surface area contributed by atoms with Crippen molar-refractivity contribution in [3.63, 3.8) is 0 Å². The molecular weight excluding hydrogens is 272 g/mol. The number of carboxylic acid groups (broad SMARTS) is 1. The highest BCUT2D eigenvalue weighted by atomic mass is 16.4. The number of carboxylic acids is 1. The number of carbonyl (C=O) groups is 3. The molecule has 1 atom stereocenters. The lowest BCUT2D eigenvalue weighted by Gasteiger charge is -2.23. The van der Waals surface area contributed by atoms with E-state index in [0.717, 1.165) is 6.54 Å². The maximum atomic E-state index is 12.4. The Labute approximate surface area is 123 Å². The van der Waals surface area contributed by atoms with Crippen molar-refractivity contribution in [2.24, 2.45) is 0 Å². The van der Waals surface area contributed by atoms with Crippen LogP contribution in [-0.4, -0.2) is 59.4 Å². The minimum absolute atomic E-state index is 0.0118. The zero-order valence-corrected chi connectivity index (χ0v) is 12.3. The molecule has 1 N–H and O–H groups in total. The number of aromatic carboxylic acids is 1. The Kier molecular flexibility index (Phi) is 4.09. The fraction of sp³-hybridized carbons (Fsp3) is 0.400. The molecule has 1 aliphatic rings. The van der Waals surface area contributed by atoms with Gasteiger partial charge < -0.3 is 10.0 Å². The van der Waals surface area contributed by atoms with Crippen molar-refractivity contribution in [2.45, 2.75) is 19.4 Å². The van der Waals surface area contributed by atoms with Crippen LogP contribution in [0.2, 0.25) is 0 Å². The van der Waals surface area contributed by atoms with Gasteiger partial charge in [-0.25, -0.2) is 4.79 Å². The largest absolute Gasteiger partial charge is 0.478 e. The maximum Gasteiger partial charge on any atom is 0.335 e. The van der Waals surface area contributed by atoms with Crippen LogP contribution >= 0.6 is 0 Å². The molecule has 1 aliphatic heterocycles. The first-order valence-electron chi connectivity index (χ1n) is 6.73. The number of benzene rings is 1. The predicted molar refractivity (Wildman–Crippen MR) is 76.5 cm³/mol. The van der Waals surface area contributed by atoms with E-state index in [2.05, 4.69) is 0 Å². The molecular formula is C15H18N2O4. The molecule has 112 valence electrons. The highest BCUT2D eigenvalue weighted by Gasteiger charge is 2.38.